The van der Waals surface area contributed by atoms with Gasteiger partial charge in [-0.15, -0.1) is 0 Å². The van der Waals surface area contributed by atoms with Crippen LogP contribution in [0, 0.1) is 13.8 Å². The van der Waals surface area contributed by atoms with Crippen molar-refractivity contribution in [2.75, 3.05) is 25.1 Å². The molecule has 1 amide bonds. The van der Waals surface area contributed by atoms with E-state index in [0.717, 1.165) is 5.56 Å². The first-order valence-electron chi connectivity index (χ1n) is 11.7. The number of carbonyl (C=O) groups is 2. The van der Waals surface area contributed by atoms with Gasteiger partial charge in [-0.2, -0.15) is 4.31 Å². The Labute approximate surface area is 220 Å². The van der Waals surface area contributed by atoms with Crippen LogP contribution in [0.4, 0.5) is 5.69 Å². The molecule has 0 saturated heterocycles. The Kier molecular flexibility index (Phi) is 7.45. The first kappa shape index (κ1) is 26.7. The van der Waals surface area contributed by atoms with Crippen LogP contribution in [0.3, 0.4) is 0 Å². The number of carbonyl (C=O) groups excluding carboxylic acids is 2. The highest BCUT2D eigenvalue weighted by atomic mass is 32.2. The molecule has 0 atom stereocenters. The summed E-state index contributed by atoms with van der Waals surface area (Å²) in [5.41, 5.74) is 1.25. The fraction of sp³-hybridized carbons (Fsp3) is 0.214. The molecular formula is C28H27NO8S. The monoisotopic (exact) mass is 537 g/mol. The number of ether oxygens (including phenoxy) is 3. The van der Waals surface area contributed by atoms with Crippen LogP contribution in [0.15, 0.2) is 70.0 Å². The third-order valence-corrected chi connectivity index (χ3v) is 7.67. The topological polar surface area (TPSA) is 112 Å². The summed E-state index contributed by atoms with van der Waals surface area (Å²) >= 11 is 0. The van der Waals surface area contributed by atoms with Crippen LogP contribution in [0.1, 0.15) is 39.0 Å². The maximum atomic E-state index is 14.1. The standard InChI is InChI=1S/C28H27NO8S/c1-6-36-28(31)25-18(3)37-22-15-12-19(16-21(22)25)29(38(32,33)20-13-10-17(2)11-14-20)27(30)26-23(34-4)8-7-9-24(26)35-5/h7-16H,6H2,1-5H3. The summed E-state index contributed by atoms with van der Waals surface area (Å²) in [5, 5.41) is 0.308. The molecule has 4 aromatic rings. The molecule has 0 fully saturated rings. The van der Waals surface area contributed by atoms with Crippen LogP contribution in [-0.2, 0) is 14.8 Å². The number of methoxy groups -OCH3 is 2. The Balaban J connectivity index is 2.00. The van der Waals surface area contributed by atoms with Crippen LogP contribution in [-0.4, -0.2) is 41.1 Å². The number of amides is 1. The highest BCUT2D eigenvalue weighted by Gasteiger charge is 2.36. The van der Waals surface area contributed by atoms with Crippen molar-refractivity contribution in [3.63, 3.8) is 0 Å². The van der Waals surface area contributed by atoms with Crippen molar-refractivity contribution in [2.45, 2.75) is 25.7 Å². The molecule has 4 rings (SSSR count). The zero-order valence-electron chi connectivity index (χ0n) is 21.6. The average molecular weight is 538 g/mol. The van der Waals surface area contributed by atoms with Crippen molar-refractivity contribution in [1.82, 2.24) is 0 Å². The molecule has 1 heterocycles. The molecule has 38 heavy (non-hydrogen) atoms. The largest absolute Gasteiger partial charge is 0.496 e. The van der Waals surface area contributed by atoms with E-state index in [1.165, 1.54) is 56.7 Å². The molecule has 0 aliphatic heterocycles. The average Bonchev–Trinajstić information content (AvgIpc) is 3.23. The molecule has 0 spiro atoms. The minimum absolute atomic E-state index is 0.0117. The first-order valence-corrected chi connectivity index (χ1v) is 13.2. The van der Waals surface area contributed by atoms with Gasteiger partial charge in [-0.3, -0.25) is 4.79 Å². The molecular weight excluding hydrogens is 510 g/mol. The Morgan fingerprint density at radius 2 is 1.53 bits per heavy atom. The Morgan fingerprint density at radius 1 is 0.895 bits per heavy atom. The van der Waals surface area contributed by atoms with Crippen LogP contribution in [0.25, 0.3) is 11.0 Å². The lowest BCUT2D eigenvalue weighted by Crippen LogP contribution is -2.37. The second-order valence-electron chi connectivity index (χ2n) is 8.36. The number of benzene rings is 3. The van der Waals surface area contributed by atoms with E-state index in [1.54, 1.807) is 32.0 Å². The van der Waals surface area contributed by atoms with Crippen LogP contribution in [0.5, 0.6) is 11.5 Å². The minimum atomic E-state index is -4.45. The van der Waals surface area contributed by atoms with E-state index < -0.39 is 21.9 Å². The number of hydrogen-bond acceptors (Lipinski definition) is 8. The van der Waals surface area contributed by atoms with Crippen molar-refractivity contribution in [3.05, 3.63) is 83.1 Å². The SMILES string of the molecule is CCOC(=O)c1c(C)oc2ccc(N(C(=O)c3c(OC)cccc3OC)S(=O)(=O)c3ccc(C)cc3)cc12. The van der Waals surface area contributed by atoms with Crippen molar-refractivity contribution >= 4 is 38.6 Å². The predicted octanol–water partition coefficient (Wildman–Crippen LogP) is 5.28. The summed E-state index contributed by atoms with van der Waals surface area (Å²) in [4.78, 5) is 26.7. The fourth-order valence-corrected chi connectivity index (χ4v) is 5.53. The van der Waals surface area contributed by atoms with Crippen molar-refractivity contribution in [3.8, 4) is 11.5 Å². The van der Waals surface area contributed by atoms with E-state index in [1.807, 2.05) is 6.92 Å². The van der Waals surface area contributed by atoms with Crippen LogP contribution >= 0.6 is 0 Å². The van der Waals surface area contributed by atoms with E-state index in [4.69, 9.17) is 18.6 Å². The molecule has 3 aromatic carbocycles. The summed E-state index contributed by atoms with van der Waals surface area (Å²) in [6, 6.07) is 15.2. The molecule has 0 N–H and O–H groups in total. The molecule has 0 aliphatic rings. The molecule has 1 aromatic heterocycles. The maximum absolute atomic E-state index is 14.1. The normalized spacial score (nSPS) is 11.3. The minimum Gasteiger partial charge on any atom is -0.496 e. The van der Waals surface area contributed by atoms with Gasteiger partial charge in [0.25, 0.3) is 15.9 Å². The summed E-state index contributed by atoms with van der Waals surface area (Å²) in [6.07, 6.45) is 0. The summed E-state index contributed by atoms with van der Waals surface area (Å²) in [6.45, 7) is 5.25. The third kappa shape index (κ3) is 4.70. The van der Waals surface area contributed by atoms with Crippen LogP contribution < -0.4 is 13.8 Å². The van der Waals surface area contributed by atoms with Gasteiger partial charge in [0.05, 0.1) is 31.4 Å². The number of esters is 1. The second-order valence-corrected chi connectivity index (χ2v) is 10.1. The van der Waals surface area contributed by atoms with Gasteiger partial charge in [0, 0.05) is 5.39 Å². The van der Waals surface area contributed by atoms with Crippen molar-refractivity contribution in [1.29, 1.82) is 0 Å². The zero-order valence-corrected chi connectivity index (χ0v) is 22.4. The highest BCUT2D eigenvalue weighted by Crippen LogP contribution is 2.36. The number of fused-ring (bicyclic) bond motifs is 1. The molecule has 10 heteroatoms. The lowest BCUT2D eigenvalue weighted by atomic mass is 10.1. The molecule has 0 bridgehead atoms. The van der Waals surface area contributed by atoms with Crippen LogP contribution in [0.2, 0.25) is 0 Å². The van der Waals surface area contributed by atoms with Gasteiger partial charge < -0.3 is 18.6 Å². The van der Waals surface area contributed by atoms with Gasteiger partial charge in [-0.05, 0) is 63.2 Å². The Bertz CT molecular complexity index is 1600. The smallest absolute Gasteiger partial charge is 0.342 e. The van der Waals surface area contributed by atoms with Gasteiger partial charge in [0.15, 0.2) is 0 Å². The quantitative estimate of drug-likeness (QED) is 0.279. The van der Waals surface area contributed by atoms with E-state index in [9.17, 15) is 18.0 Å². The van der Waals surface area contributed by atoms with Crippen molar-refractivity contribution in [2.24, 2.45) is 0 Å². The molecule has 0 unspecified atom stereocenters. The third-order valence-electron chi connectivity index (χ3n) is 5.95. The maximum Gasteiger partial charge on any atom is 0.342 e. The molecule has 0 radical (unpaired) electrons. The number of furan rings is 1. The number of anilines is 1. The number of nitrogens with zero attached hydrogens (tertiary/aromatic N) is 1. The number of hydrogen-bond donors (Lipinski definition) is 0. The second kappa shape index (κ2) is 10.6. The molecule has 0 saturated carbocycles. The van der Waals surface area contributed by atoms with Crippen molar-refractivity contribution < 1.29 is 36.6 Å². The van der Waals surface area contributed by atoms with E-state index in [0.29, 0.717) is 21.0 Å². The summed E-state index contributed by atoms with van der Waals surface area (Å²) in [5.74, 6) is -0.957. The zero-order chi connectivity index (χ0) is 27.6. The number of rotatable bonds is 8. The Morgan fingerprint density at radius 3 is 2.11 bits per heavy atom. The van der Waals surface area contributed by atoms with Gasteiger partial charge in [0.2, 0.25) is 0 Å². The first-order chi connectivity index (χ1) is 18.1. The number of aryl methyl sites for hydroxylation is 2. The fourth-order valence-electron chi connectivity index (χ4n) is 4.14. The van der Waals surface area contributed by atoms with E-state index in [2.05, 4.69) is 0 Å². The lowest BCUT2D eigenvalue weighted by molar-refractivity contribution is 0.0526. The van der Waals surface area contributed by atoms with Gasteiger partial charge in [-0.1, -0.05) is 23.8 Å². The highest BCUT2D eigenvalue weighted by molar-refractivity contribution is 7.93. The van der Waals surface area contributed by atoms with E-state index >= 15 is 0 Å². The molecule has 9 nitrogen and oxygen atoms in total. The lowest BCUT2D eigenvalue weighted by Gasteiger charge is -2.24. The van der Waals surface area contributed by atoms with Gasteiger partial charge in [-0.25, -0.2) is 13.2 Å². The molecule has 198 valence electrons. The predicted molar refractivity (Wildman–Crippen MR) is 142 cm³/mol. The Hall–Kier alpha value is -4.31. The van der Waals surface area contributed by atoms with Gasteiger partial charge in [0.1, 0.15) is 34.0 Å². The molecule has 0 aliphatic carbocycles. The van der Waals surface area contributed by atoms with E-state index in [-0.39, 0.29) is 39.8 Å². The summed E-state index contributed by atoms with van der Waals surface area (Å²) in [7, 11) is -1.70. The number of sulfonamides is 1. The van der Waals surface area contributed by atoms with Gasteiger partial charge >= 0.3 is 5.97 Å². The summed E-state index contributed by atoms with van der Waals surface area (Å²) < 4.78 is 50.4.